The molecule has 0 radical (unpaired) electrons. The van der Waals surface area contributed by atoms with Gasteiger partial charge in [0.2, 0.25) is 0 Å². The first-order chi connectivity index (χ1) is 10.7. The molecule has 2 heterocycles. The minimum Gasteiger partial charge on any atom is -0.312 e. The molecule has 2 aliphatic rings. The summed E-state index contributed by atoms with van der Waals surface area (Å²) < 4.78 is 40.6. The Morgan fingerprint density at radius 2 is 2.00 bits per heavy atom. The normalized spacial score (nSPS) is 23.7. The van der Waals surface area contributed by atoms with Gasteiger partial charge in [-0.1, -0.05) is 29.5 Å². The number of nitrogens with zero attached hydrogens (tertiary/aromatic N) is 2. The number of carbonyl (C=O) groups excluding carboxylic acids is 2. The highest BCUT2D eigenvalue weighted by molar-refractivity contribution is 8.14. The molecule has 0 saturated carbocycles. The lowest BCUT2D eigenvalue weighted by Gasteiger charge is -2.28. The van der Waals surface area contributed by atoms with Crippen LogP contribution in [-0.2, 0) is 4.79 Å². The number of benzene rings is 1. The lowest BCUT2D eigenvalue weighted by molar-refractivity contribution is -0.196. The number of carbonyl (C=O) groups is 2. The quantitative estimate of drug-likeness (QED) is 0.893. The van der Waals surface area contributed by atoms with Crippen molar-refractivity contribution < 1.29 is 22.8 Å². The molecule has 1 aromatic rings. The topological polar surface area (TPSA) is 61.8 Å². The van der Waals surface area contributed by atoms with Crippen LogP contribution in [0.3, 0.4) is 0 Å². The SMILES string of the molecule is Cc1ccc(C(=O)N[C@@]2(C(F)(F)F)N=C3SCCN3C2=O)cc1. The molecule has 2 amide bonds. The molecule has 9 heteroatoms. The van der Waals surface area contributed by atoms with E-state index in [1.165, 1.54) is 12.1 Å². The zero-order valence-corrected chi connectivity index (χ0v) is 12.8. The van der Waals surface area contributed by atoms with Crippen LogP contribution in [-0.4, -0.2) is 46.0 Å². The maximum Gasteiger partial charge on any atom is 0.442 e. The van der Waals surface area contributed by atoms with Crippen LogP contribution < -0.4 is 5.32 Å². The van der Waals surface area contributed by atoms with Gasteiger partial charge in [-0.2, -0.15) is 13.2 Å². The summed E-state index contributed by atoms with van der Waals surface area (Å²) in [4.78, 5) is 28.9. The predicted molar refractivity (Wildman–Crippen MR) is 79.0 cm³/mol. The fourth-order valence-corrected chi connectivity index (χ4v) is 3.34. The Balaban J connectivity index is 1.96. The Bertz CT molecular complexity index is 702. The summed E-state index contributed by atoms with van der Waals surface area (Å²) in [5.41, 5.74) is -2.34. The number of rotatable bonds is 2. The van der Waals surface area contributed by atoms with Crippen LogP contribution in [0.4, 0.5) is 13.2 Å². The first-order valence-corrected chi connectivity index (χ1v) is 7.74. The van der Waals surface area contributed by atoms with E-state index in [1.54, 1.807) is 24.4 Å². The number of hydrogen-bond acceptors (Lipinski definition) is 4. The highest BCUT2D eigenvalue weighted by Gasteiger charge is 2.67. The van der Waals surface area contributed by atoms with E-state index in [2.05, 4.69) is 4.99 Å². The van der Waals surface area contributed by atoms with Gasteiger partial charge in [-0.25, -0.2) is 4.99 Å². The van der Waals surface area contributed by atoms with Crippen molar-refractivity contribution in [2.45, 2.75) is 18.8 Å². The number of amides is 2. The van der Waals surface area contributed by atoms with Gasteiger partial charge in [0.25, 0.3) is 11.8 Å². The van der Waals surface area contributed by atoms with Gasteiger partial charge in [-0.15, -0.1) is 0 Å². The lowest BCUT2D eigenvalue weighted by Crippen LogP contribution is -2.63. The zero-order chi connectivity index (χ0) is 16.8. The van der Waals surface area contributed by atoms with Crippen molar-refractivity contribution in [1.82, 2.24) is 10.2 Å². The van der Waals surface area contributed by atoms with E-state index >= 15 is 0 Å². The monoisotopic (exact) mass is 343 g/mol. The maximum absolute atomic E-state index is 13.5. The number of aryl methyl sites for hydroxylation is 1. The minimum atomic E-state index is -5.03. The third-order valence-electron chi connectivity index (χ3n) is 3.61. The molecule has 0 aromatic heterocycles. The number of hydrogen-bond donors (Lipinski definition) is 1. The fraction of sp³-hybridized carbons (Fsp3) is 0.357. The number of thioether (sulfide) groups is 1. The van der Waals surface area contributed by atoms with E-state index in [0.29, 0.717) is 5.75 Å². The summed E-state index contributed by atoms with van der Waals surface area (Å²) >= 11 is 1.06. The number of alkyl halides is 3. The van der Waals surface area contributed by atoms with Gasteiger partial charge in [-0.05, 0) is 19.1 Å². The standard InChI is InChI=1S/C14H12F3N3O2S/c1-8-2-4-9(5-3-8)10(21)18-13(14(15,16)17)11(22)20-6-7-23-12(20)19-13/h2-5H,6-7H2,1H3,(H,18,21)/t13-/m1/s1. The molecule has 2 aliphatic heterocycles. The molecule has 3 rings (SSSR count). The van der Waals surface area contributed by atoms with Crippen molar-refractivity contribution >= 4 is 28.7 Å². The van der Waals surface area contributed by atoms with Crippen molar-refractivity contribution in [3.8, 4) is 0 Å². The molecule has 0 bridgehead atoms. The molecule has 1 atom stereocenters. The van der Waals surface area contributed by atoms with Crippen LogP contribution in [0.5, 0.6) is 0 Å². The smallest absolute Gasteiger partial charge is 0.312 e. The molecule has 122 valence electrons. The molecule has 1 fully saturated rings. The molecule has 23 heavy (non-hydrogen) atoms. The molecule has 5 nitrogen and oxygen atoms in total. The summed E-state index contributed by atoms with van der Waals surface area (Å²) in [6.45, 7) is 1.94. The van der Waals surface area contributed by atoms with Crippen LogP contribution in [0.1, 0.15) is 15.9 Å². The second-order valence-corrected chi connectivity index (χ2v) is 6.29. The van der Waals surface area contributed by atoms with Gasteiger partial charge in [0.15, 0.2) is 5.17 Å². The first kappa shape index (κ1) is 15.9. The Kier molecular flexibility index (Phi) is 3.62. The predicted octanol–water partition coefficient (Wildman–Crippen LogP) is 1.93. The molecular weight excluding hydrogens is 331 g/mol. The van der Waals surface area contributed by atoms with Gasteiger partial charge in [-0.3, -0.25) is 14.5 Å². The van der Waals surface area contributed by atoms with Crippen molar-refractivity contribution in [2.24, 2.45) is 4.99 Å². The van der Waals surface area contributed by atoms with Crippen molar-refractivity contribution in [3.05, 3.63) is 35.4 Å². The molecule has 1 saturated heterocycles. The van der Waals surface area contributed by atoms with Crippen molar-refractivity contribution in [2.75, 3.05) is 12.3 Å². The Labute approximate surface area is 133 Å². The molecular formula is C14H12F3N3O2S. The Hall–Kier alpha value is -2.03. The summed E-state index contributed by atoms with van der Waals surface area (Å²) in [6.07, 6.45) is -5.03. The first-order valence-electron chi connectivity index (χ1n) is 6.75. The van der Waals surface area contributed by atoms with E-state index in [0.717, 1.165) is 22.2 Å². The van der Waals surface area contributed by atoms with Gasteiger partial charge in [0, 0.05) is 17.9 Å². The second kappa shape index (κ2) is 5.26. The van der Waals surface area contributed by atoms with E-state index in [9.17, 15) is 22.8 Å². The largest absolute Gasteiger partial charge is 0.442 e. The number of amidine groups is 1. The number of halogens is 3. The van der Waals surface area contributed by atoms with E-state index < -0.39 is 23.7 Å². The third-order valence-corrected chi connectivity index (χ3v) is 4.57. The van der Waals surface area contributed by atoms with Crippen LogP contribution in [0, 0.1) is 6.92 Å². The fourth-order valence-electron chi connectivity index (χ4n) is 2.35. The van der Waals surface area contributed by atoms with Crippen molar-refractivity contribution in [3.63, 3.8) is 0 Å². The average molecular weight is 343 g/mol. The van der Waals surface area contributed by atoms with E-state index in [4.69, 9.17) is 0 Å². The second-order valence-electron chi connectivity index (χ2n) is 5.23. The summed E-state index contributed by atoms with van der Waals surface area (Å²) in [7, 11) is 0. The Morgan fingerprint density at radius 3 is 2.57 bits per heavy atom. The molecule has 0 spiro atoms. The van der Waals surface area contributed by atoms with Crippen molar-refractivity contribution in [1.29, 1.82) is 0 Å². The maximum atomic E-state index is 13.5. The lowest BCUT2D eigenvalue weighted by atomic mass is 10.1. The van der Waals surface area contributed by atoms with Gasteiger partial charge >= 0.3 is 11.8 Å². The van der Waals surface area contributed by atoms with Crippen LogP contribution in [0.15, 0.2) is 29.3 Å². The van der Waals surface area contributed by atoms with Gasteiger partial charge < -0.3 is 5.32 Å². The van der Waals surface area contributed by atoms with Crippen LogP contribution >= 0.6 is 11.8 Å². The summed E-state index contributed by atoms with van der Waals surface area (Å²) in [5.74, 6) is -1.76. The van der Waals surface area contributed by atoms with Gasteiger partial charge in [0.1, 0.15) is 0 Å². The summed E-state index contributed by atoms with van der Waals surface area (Å²) in [5, 5.41) is 1.79. The van der Waals surface area contributed by atoms with Crippen LogP contribution in [0.2, 0.25) is 0 Å². The number of fused-ring (bicyclic) bond motifs is 1. The third kappa shape index (κ3) is 2.48. The highest BCUT2D eigenvalue weighted by atomic mass is 32.2. The summed E-state index contributed by atoms with van der Waals surface area (Å²) in [6, 6.07) is 6.01. The van der Waals surface area contributed by atoms with Gasteiger partial charge in [0.05, 0.1) is 0 Å². The highest BCUT2D eigenvalue weighted by Crippen LogP contribution is 2.40. The number of aliphatic imine (C=N–C) groups is 1. The molecule has 1 aromatic carbocycles. The molecule has 0 unspecified atom stereocenters. The minimum absolute atomic E-state index is 0.00321. The zero-order valence-electron chi connectivity index (χ0n) is 12.0. The molecule has 0 aliphatic carbocycles. The van der Waals surface area contributed by atoms with E-state index in [-0.39, 0.29) is 17.3 Å². The van der Waals surface area contributed by atoms with E-state index in [1.807, 2.05) is 0 Å². The average Bonchev–Trinajstić information content (AvgIpc) is 3.02. The van der Waals surface area contributed by atoms with Crippen LogP contribution in [0.25, 0.3) is 0 Å². The number of nitrogens with one attached hydrogen (secondary N) is 1. The molecule has 1 N–H and O–H groups in total. The Morgan fingerprint density at radius 1 is 1.35 bits per heavy atom.